The molecule has 0 aliphatic carbocycles. The van der Waals surface area contributed by atoms with Crippen LogP contribution in [0, 0.1) is 6.92 Å². The van der Waals surface area contributed by atoms with E-state index in [4.69, 9.17) is 10.2 Å². The molecule has 0 fully saturated rings. The van der Waals surface area contributed by atoms with Crippen LogP contribution in [0.25, 0.3) is 0 Å². The van der Waals surface area contributed by atoms with Crippen LogP contribution < -0.4 is 4.72 Å². The molecule has 9 heteroatoms. The summed E-state index contributed by atoms with van der Waals surface area (Å²) in [6.45, 7) is 1.33. The maximum atomic E-state index is 11.9. The zero-order valence-electron chi connectivity index (χ0n) is 9.38. The molecule has 0 bridgehead atoms. The highest BCUT2D eigenvalue weighted by atomic mass is 79.9. The Morgan fingerprint density at radius 3 is 2.61 bits per heavy atom. The number of sulfonamides is 1. The Kier molecular flexibility index (Phi) is 5.29. The number of carboxylic acids is 1. The summed E-state index contributed by atoms with van der Waals surface area (Å²) in [5, 5.41) is 17.5. The number of thiophene rings is 1. The van der Waals surface area contributed by atoms with Crippen molar-refractivity contribution in [2.45, 2.75) is 23.6 Å². The van der Waals surface area contributed by atoms with Crippen LogP contribution in [-0.4, -0.2) is 37.2 Å². The quantitative estimate of drug-likeness (QED) is 0.702. The van der Waals surface area contributed by atoms with E-state index in [1.807, 2.05) is 0 Å². The number of carboxylic acid groups (broad SMARTS) is 1. The van der Waals surface area contributed by atoms with Gasteiger partial charge in [-0.05, 0) is 40.9 Å². The fraction of sp³-hybridized carbons (Fsp3) is 0.444. The van der Waals surface area contributed by atoms with E-state index in [2.05, 4.69) is 20.7 Å². The van der Waals surface area contributed by atoms with Gasteiger partial charge in [-0.1, -0.05) is 0 Å². The van der Waals surface area contributed by atoms with Gasteiger partial charge in [0.2, 0.25) is 0 Å². The van der Waals surface area contributed by atoms with E-state index in [0.717, 1.165) is 16.9 Å². The molecule has 0 aliphatic rings. The van der Waals surface area contributed by atoms with Gasteiger partial charge in [-0.3, -0.25) is 4.79 Å². The normalized spacial score (nSPS) is 13.5. The lowest BCUT2D eigenvalue weighted by atomic mass is 10.2. The van der Waals surface area contributed by atoms with Crippen LogP contribution in [-0.2, 0) is 14.8 Å². The average molecular weight is 358 g/mol. The Morgan fingerprint density at radius 2 is 2.22 bits per heavy atom. The van der Waals surface area contributed by atoms with Gasteiger partial charge in [0.15, 0.2) is 0 Å². The van der Waals surface area contributed by atoms with Crippen molar-refractivity contribution in [3.8, 4) is 0 Å². The van der Waals surface area contributed by atoms with Crippen molar-refractivity contribution in [3.63, 3.8) is 0 Å². The summed E-state index contributed by atoms with van der Waals surface area (Å²) >= 11 is 4.21. The maximum Gasteiger partial charge on any atom is 0.321 e. The predicted molar refractivity (Wildman–Crippen MR) is 70.2 cm³/mol. The summed E-state index contributed by atoms with van der Waals surface area (Å²) in [7, 11) is -3.88. The Balaban J connectivity index is 2.96. The minimum absolute atomic E-state index is 0.0380. The van der Waals surface area contributed by atoms with Crippen molar-refractivity contribution >= 4 is 43.3 Å². The molecule has 0 radical (unpaired) electrons. The van der Waals surface area contributed by atoms with E-state index in [-0.39, 0.29) is 10.6 Å². The van der Waals surface area contributed by atoms with Gasteiger partial charge in [-0.25, -0.2) is 8.42 Å². The Hall–Kier alpha value is -0.480. The Morgan fingerprint density at radius 1 is 1.61 bits per heavy atom. The van der Waals surface area contributed by atoms with E-state index in [0.29, 0.717) is 3.79 Å². The van der Waals surface area contributed by atoms with Crippen molar-refractivity contribution in [2.24, 2.45) is 0 Å². The van der Waals surface area contributed by atoms with Crippen LogP contribution in [0.5, 0.6) is 0 Å². The third kappa shape index (κ3) is 3.75. The minimum Gasteiger partial charge on any atom is -0.480 e. The highest BCUT2D eigenvalue weighted by molar-refractivity contribution is 9.11. The van der Waals surface area contributed by atoms with E-state index in [1.165, 1.54) is 6.07 Å². The smallest absolute Gasteiger partial charge is 0.321 e. The third-order valence-electron chi connectivity index (χ3n) is 2.11. The summed E-state index contributed by atoms with van der Waals surface area (Å²) in [6, 6.07) is 0.121. The zero-order chi connectivity index (χ0) is 13.9. The topological polar surface area (TPSA) is 104 Å². The summed E-state index contributed by atoms with van der Waals surface area (Å²) in [5.74, 6) is -1.32. The van der Waals surface area contributed by atoms with Crippen molar-refractivity contribution in [1.29, 1.82) is 0 Å². The summed E-state index contributed by atoms with van der Waals surface area (Å²) in [4.78, 5) is 10.8. The first kappa shape index (κ1) is 15.6. The van der Waals surface area contributed by atoms with Crippen molar-refractivity contribution in [3.05, 3.63) is 15.4 Å². The molecule has 1 heterocycles. The number of hydrogen-bond acceptors (Lipinski definition) is 5. The fourth-order valence-corrected chi connectivity index (χ4v) is 4.64. The van der Waals surface area contributed by atoms with Gasteiger partial charge in [0.05, 0.1) is 3.79 Å². The van der Waals surface area contributed by atoms with Crippen LogP contribution in [0.4, 0.5) is 0 Å². The molecular formula is C9H12BrNO5S2. The minimum atomic E-state index is -3.88. The van der Waals surface area contributed by atoms with Crippen LogP contribution in [0.3, 0.4) is 0 Å². The number of aliphatic hydroxyl groups is 1. The molecule has 0 unspecified atom stereocenters. The molecule has 0 spiro atoms. The SMILES string of the molecule is Cc1cc(S(=O)(=O)N[C@@H](CCO)C(=O)O)sc1Br. The van der Waals surface area contributed by atoms with Gasteiger partial charge >= 0.3 is 5.97 Å². The van der Waals surface area contributed by atoms with Gasteiger partial charge in [-0.2, -0.15) is 4.72 Å². The number of aliphatic carboxylic acids is 1. The lowest BCUT2D eigenvalue weighted by Crippen LogP contribution is -2.41. The standard InChI is InChI=1S/C9H12BrNO5S2/c1-5-4-7(17-8(5)10)18(15,16)11-6(2-3-12)9(13)14/h4,6,11-12H,2-3H2,1H3,(H,13,14)/t6-/m0/s1. The van der Waals surface area contributed by atoms with Gasteiger partial charge in [-0.15, -0.1) is 11.3 Å². The zero-order valence-corrected chi connectivity index (χ0v) is 12.6. The first-order valence-corrected chi connectivity index (χ1v) is 7.99. The Bertz CT molecular complexity index is 520. The van der Waals surface area contributed by atoms with Crippen LogP contribution in [0.15, 0.2) is 14.1 Å². The van der Waals surface area contributed by atoms with Gasteiger partial charge in [0.1, 0.15) is 10.3 Å². The maximum absolute atomic E-state index is 11.9. The largest absolute Gasteiger partial charge is 0.480 e. The van der Waals surface area contributed by atoms with Crippen LogP contribution >= 0.6 is 27.3 Å². The summed E-state index contributed by atoms with van der Waals surface area (Å²) < 4.78 is 26.6. The molecule has 1 atom stereocenters. The molecule has 18 heavy (non-hydrogen) atoms. The highest BCUT2D eigenvalue weighted by Crippen LogP contribution is 2.30. The van der Waals surface area contributed by atoms with Crippen LogP contribution in [0.1, 0.15) is 12.0 Å². The lowest BCUT2D eigenvalue weighted by Gasteiger charge is -2.12. The molecule has 3 N–H and O–H groups in total. The highest BCUT2D eigenvalue weighted by Gasteiger charge is 2.26. The van der Waals surface area contributed by atoms with E-state index in [1.54, 1.807) is 6.92 Å². The van der Waals surface area contributed by atoms with Gasteiger partial charge in [0, 0.05) is 6.61 Å². The second-order valence-corrected chi connectivity index (χ2v) is 7.86. The first-order valence-electron chi connectivity index (χ1n) is 4.90. The number of halogens is 1. The number of aryl methyl sites for hydroxylation is 1. The third-order valence-corrected chi connectivity index (χ3v) is 6.19. The first-order chi connectivity index (χ1) is 8.27. The van der Waals surface area contributed by atoms with Crippen molar-refractivity contribution < 1.29 is 23.4 Å². The molecule has 1 aromatic heterocycles. The Labute approximate surface area is 117 Å². The van der Waals surface area contributed by atoms with Gasteiger partial charge in [0.25, 0.3) is 10.0 Å². The average Bonchev–Trinajstić information content (AvgIpc) is 2.59. The number of rotatable bonds is 6. The monoisotopic (exact) mass is 357 g/mol. The molecule has 102 valence electrons. The van der Waals surface area contributed by atoms with Crippen molar-refractivity contribution in [2.75, 3.05) is 6.61 Å². The number of aliphatic hydroxyl groups excluding tert-OH is 1. The van der Waals surface area contributed by atoms with E-state index < -0.39 is 28.6 Å². The fourth-order valence-electron chi connectivity index (χ4n) is 1.17. The predicted octanol–water partition coefficient (Wildman–Crippen LogP) is 0.933. The second-order valence-electron chi connectivity index (χ2n) is 3.55. The molecule has 0 aromatic carbocycles. The van der Waals surface area contributed by atoms with E-state index >= 15 is 0 Å². The molecule has 1 aromatic rings. The number of carbonyl (C=O) groups is 1. The summed E-state index contributed by atoms with van der Waals surface area (Å²) in [5.41, 5.74) is 0.759. The van der Waals surface area contributed by atoms with Crippen molar-refractivity contribution in [1.82, 2.24) is 4.72 Å². The molecule has 0 saturated heterocycles. The van der Waals surface area contributed by atoms with Crippen LogP contribution in [0.2, 0.25) is 0 Å². The number of hydrogen-bond donors (Lipinski definition) is 3. The van der Waals surface area contributed by atoms with E-state index in [9.17, 15) is 13.2 Å². The molecule has 6 nitrogen and oxygen atoms in total. The van der Waals surface area contributed by atoms with Gasteiger partial charge < -0.3 is 10.2 Å². The molecular weight excluding hydrogens is 346 g/mol. The lowest BCUT2D eigenvalue weighted by molar-refractivity contribution is -0.139. The molecule has 0 amide bonds. The molecule has 1 rings (SSSR count). The summed E-state index contributed by atoms with van der Waals surface area (Å²) in [6.07, 6.45) is -0.180. The molecule has 0 saturated carbocycles. The molecule has 0 aliphatic heterocycles. The second kappa shape index (κ2) is 6.11. The number of nitrogens with one attached hydrogen (secondary N) is 1.